The van der Waals surface area contributed by atoms with Gasteiger partial charge in [0, 0.05) is 6.42 Å². The van der Waals surface area contributed by atoms with E-state index in [1.54, 1.807) is 0 Å². The van der Waals surface area contributed by atoms with Crippen LogP contribution in [0.25, 0.3) is 0 Å². The Morgan fingerprint density at radius 2 is 1.00 bits per heavy atom. The number of hydrogen-bond acceptors (Lipinski definition) is 2. The molecule has 0 aromatic rings. The molecule has 22 heavy (non-hydrogen) atoms. The number of rotatable bonds is 19. The van der Waals surface area contributed by atoms with Crippen LogP contribution in [0.5, 0.6) is 0 Å². The van der Waals surface area contributed by atoms with Crippen LogP contribution in [-0.4, -0.2) is 17.8 Å². The van der Waals surface area contributed by atoms with E-state index in [0.29, 0.717) is 0 Å². The lowest BCUT2D eigenvalue weighted by Gasteiger charge is -2.03. The monoisotopic (exact) mass is 328 g/mol. The fourth-order valence-corrected chi connectivity index (χ4v) is 3.75. The average Bonchev–Trinajstić information content (AvgIpc) is 2.54. The van der Waals surface area contributed by atoms with Crippen molar-refractivity contribution in [3.63, 3.8) is 0 Å². The van der Waals surface area contributed by atoms with Crippen LogP contribution in [0, 0.1) is 0 Å². The van der Waals surface area contributed by atoms with Crippen molar-refractivity contribution in [2.45, 2.75) is 110 Å². The highest BCUT2D eigenvalue weighted by Crippen LogP contribution is 2.14. The van der Waals surface area contributed by atoms with E-state index >= 15 is 0 Å². The largest absolute Gasteiger partial charge is 0.303 e. The molecule has 0 rings (SSSR count). The lowest BCUT2D eigenvalue weighted by atomic mass is 10.0. The van der Waals surface area contributed by atoms with Crippen molar-refractivity contribution in [3.05, 3.63) is 0 Å². The van der Waals surface area contributed by atoms with Gasteiger partial charge >= 0.3 is 0 Å². The predicted molar refractivity (Wildman–Crippen MR) is 103 cm³/mol. The van der Waals surface area contributed by atoms with Crippen LogP contribution in [0.4, 0.5) is 0 Å². The van der Waals surface area contributed by atoms with Crippen LogP contribution < -0.4 is 0 Å². The van der Waals surface area contributed by atoms with E-state index in [9.17, 15) is 4.79 Å². The predicted octanol–water partition coefficient (Wildman–Crippen LogP) is 7.18. The van der Waals surface area contributed by atoms with Gasteiger partial charge in [0.15, 0.2) is 0 Å². The van der Waals surface area contributed by atoms with E-state index in [0.717, 1.165) is 24.9 Å². The quantitative estimate of drug-likeness (QED) is 0.184. The van der Waals surface area contributed by atoms with Crippen molar-refractivity contribution >= 4 is 18.0 Å². The van der Waals surface area contributed by atoms with E-state index in [1.807, 2.05) is 11.8 Å². The number of aldehydes is 1. The molecule has 0 heterocycles. The minimum absolute atomic E-state index is 0.742. The zero-order valence-electron chi connectivity index (χ0n) is 15.1. The third kappa shape index (κ3) is 20.0. The molecule has 0 atom stereocenters. The third-order valence-corrected chi connectivity index (χ3v) is 5.41. The van der Waals surface area contributed by atoms with Gasteiger partial charge in [-0.1, -0.05) is 90.4 Å². The van der Waals surface area contributed by atoms with Crippen molar-refractivity contribution in [1.29, 1.82) is 0 Å². The Morgan fingerprint density at radius 3 is 1.45 bits per heavy atom. The fraction of sp³-hybridized carbons (Fsp3) is 0.950. The van der Waals surface area contributed by atoms with Gasteiger partial charge in [-0.3, -0.25) is 0 Å². The minimum atomic E-state index is 0.742. The number of unbranched alkanes of at least 4 members (excludes halogenated alkanes) is 14. The molecule has 0 bridgehead atoms. The van der Waals surface area contributed by atoms with Gasteiger partial charge in [-0.15, -0.1) is 0 Å². The van der Waals surface area contributed by atoms with Gasteiger partial charge in [0.1, 0.15) is 6.29 Å². The molecule has 0 aromatic carbocycles. The molecule has 0 unspecified atom stereocenters. The highest BCUT2D eigenvalue weighted by Gasteiger charge is 1.94. The van der Waals surface area contributed by atoms with Crippen LogP contribution in [0.1, 0.15) is 110 Å². The van der Waals surface area contributed by atoms with Gasteiger partial charge in [0.2, 0.25) is 0 Å². The van der Waals surface area contributed by atoms with Gasteiger partial charge in [-0.25, -0.2) is 0 Å². The molecular formula is C20H40OS. The second-order valence-electron chi connectivity index (χ2n) is 6.52. The molecule has 0 fully saturated rings. The van der Waals surface area contributed by atoms with Crippen molar-refractivity contribution in [2.75, 3.05) is 11.5 Å². The highest BCUT2D eigenvalue weighted by molar-refractivity contribution is 7.99. The van der Waals surface area contributed by atoms with Gasteiger partial charge in [-0.2, -0.15) is 11.8 Å². The maximum Gasteiger partial charge on any atom is 0.120 e. The molecule has 0 spiro atoms. The molecule has 132 valence electrons. The first-order valence-electron chi connectivity index (χ1n) is 9.93. The summed E-state index contributed by atoms with van der Waals surface area (Å²) in [5.41, 5.74) is 0. The molecule has 0 saturated heterocycles. The van der Waals surface area contributed by atoms with E-state index in [-0.39, 0.29) is 0 Å². The first-order chi connectivity index (χ1) is 10.9. The van der Waals surface area contributed by atoms with Crippen molar-refractivity contribution < 1.29 is 4.79 Å². The first kappa shape index (κ1) is 22.0. The van der Waals surface area contributed by atoms with Crippen LogP contribution >= 0.6 is 11.8 Å². The zero-order valence-corrected chi connectivity index (χ0v) is 15.9. The van der Waals surface area contributed by atoms with Gasteiger partial charge in [0.25, 0.3) is 0 Å². The molecule has 0 aliphatic heterocycles. The Hall–Kier alpha value is 0.0200. The summed E-state index contributed by atoms with van der Waals surface area (Å²) < 4.78 is 0. The Balaban J connectivity index is 2.92. The number of carbonyl (C=O) groups excluding carboxylic acids is 1. The summed E-state index contributed by atoms with van der Waals surface area (Å²) in [5.74, 6) is 2.45. The lowest BCUT2D eigenvalue weighted by molar-refractivity contribution is -0.107. The topological polar surface area (TPSA) is 17.1 Å². The van der Waals surface area contributed by atoms with Crippen LogP contribution in [-0.2, 0) is 4.79 Å². The Morgan fingerprint density at radius 1 is 0.591 bits per heavy atom. The summed E-state index contributed by atoms with van der Waals surface area (Å²) >= 11 is 2.02. The Kier molecular flexibility index (Phi) is 21.0. The Labute approximate surface area is 144 Å². The maximum atomic E-state index is 10.2. The SMILES string of the molecule is CCCCCCCCCCCCCCCCSCCCC=O. The van der Waals surface area contributed by atoms with E-state index in [4.69, 9.17) is 0 Å². The molecule has 0 aliphatic carbocycles. The zero-order chi connectivity index (χ0) is 16.1. The van der Waals surface area contributed by atoms with Crippen LogP contribution in [0.3, 0.4) is 0 Å². The normalized spacial score (nSPS) is 11.0. The smallest absolute Gasteiger partial charge is 0.120 e. The second-order valence-corrected chi connectivity index (χ2v) is 7.74. The summed E-state index contributed by atoms with van der Waals surface area (Å²) in [7, 11) is 0. The highest BCUT2D eigenvalue weighted by atomic mass is 32.2. The maximum absolute atomic E-state index is 10.2. The Bertz CT molecular complexity index is 206. The van der Waals surface area contributed by atoms with E-state index in [1.165, 1.54) is 95.6 Å². The molecule has 0 saturated carbocycles. The fourth-order valence-electron chi connectivity index (χ4n) is 2.77. The molecule has 0 N–H and O–H groups in total. The summed E-state index contributed by atoms with van der Waals surface area (Å²) in [6.45, 7) is 2.29. The van der Waals surface area contributed by atoms with Gasteiger partial charge in [-0.05, 0) is 24.3 Å². The van der Waals surface area contributed by atoms with Gasteiger partial charge in [0.05, 0.1) is 0 Å². The minimum Gasteiger partial charge on any atom is -0.303 e. The summed E-state index contributed by atoms with van der Waals surface area (Å²) in [6.07, 6.45) is 22.9. The van der Waals surface area contributed by atoms with Crippen LogP contribution in [0.2, 0.25) is 0 Å². The second kappa shape index (κ2) is 21.0. The lowest BCUT2D eigenvalue weighted by Crippen LogP contribution is -1.86. The average molecular weight is 329 g/mol. The third-order valence-electron chi connectivity index (χ3n) is 4.25. The molecule has 2 heteroatoms. The van der Waals surface area contributed by atoms with Crippen LogP contribution in [0.15, 0.2) is 0 Å². The molecule has 0 aliphatic rings. The molecule has 0 amide bonds. The first-order valence-corrected chi connectivity index (χ1v) is 11.1. The molecule has 0 aromatic heterocycles. The van der Waals surface area contributed by atoms with Gasteiger partial charge < -0.3 is 4.79 Å². The number of carbonyl (C=O) groups is 1. The van der Waals surface area contributed by atoms with Crippen molar-refractivity contribution in [2.24, 2.45) is 0 Å². The van der Waals surface area contributed by atoms with E-state index in [2.05, 4.69) is 6.92 Å². The molecular weight excluding hydrogens is 288 g/mol. The van der Waals surface area contributed by atoms with Crippen molar-refractivity contribution in [3.8, 4) is 0 Å². The standard InChI is InChI=1S/C20H40OS/c1-2-3-4-5-6-7-8-9-10-11-12-13-14-16-19-22-20-17-15-18-21/h18H,2-17,19-20H2,1H3. The van der Waals surface area contributed by atoms with E-state index < -0.39 is 0 Å². The number of thioether (sulfide) groups is 1. The van der Waals surface area contributed by atoms with Crippen molar-refractivity contribution in [1.82, 2.24) is 0 Å². The molecule has 0 radical (unpaired) electrons. The molecule has 1 nitrogen and oxygen atoms in total. The summed E-state index contributed by atoms with van der Waals surface area (Å²) in [5, 5.41) is 0. The summed E-state index contributed by atoms with van der Waals surface area (Å²) in [6, 6.07) is 0. The number of hydrogen-bond donors (Lipinski definition) is 0. The summed E-state index contributed by atoms with van der Waals surface area (Å²) in [4.78, 5) is 10.2.